The zero-order valence-electron chi connectivity index (χ0n) is 19.8. The standard InChI is InChI=1S/C28H23Cl4N3O2/c29-20-11-10-19(22(30)14-20)16-37-26-23(31)12-17(13-24(26)32)15-33-35-27(18-6-2-1-3-7-18)34-25-9-5-4-8-21(25)28(35)36/h4-5,8-15,18H,1-3,6-7,16H2. The van der Waals surface area contributed by atoms with Gasteiger partial charge in [-0.2, -0.15) is 9.78 Å². The summed E-state index contributed by atoms with van der Waals surface area (Å²) < 4.78 is 7.28. The van der Waals surface area contributed by atoms with Gasteiger partial charge in [-0.05, 0) is 54.8 Å². The Hall–Kier alpha value is -2.57. The Labute approximate surface area is 234 Å². The summed E-state index contributed by atoms with van der Waals surface area (Å²) in [5, 5.41) is 6.75. The first-order chi connectivity index (χ1) is 17.9. The number of fused-ring (bicyclic) bond motifs is 1. The number of halogens is 4. The molecule has 3 aromatic carbocycles. The zero-order valence-corrected chi connectivity index (χ0v) is 22.8. The zero-order chi connectivity index (χ0) is 25.9. The fourth-order valence-corrected chi connectivity index (χ4v) is 5.66. The van der Waals surface area contributed by atoms with Crippen LogP contribution in [0.15, 0.2) is 64.5 Å². The maximum Gasteiger partial charge on any atom is 0.282 e. The molecule has 0 amide bonds. The summed E-state index contributed by atoms with van der Waals surface area (Å²) in [6.07, 6.45) is 6.98. The second-order valence-corrected chi connectivity index (χ2v) is 10.7. The molecule has 5 rings (SSSR count). The average Bonchev–Trinajstić information content (AvgIpc) is 2.89. The lowest BCUT2D eigenvalue weighted by molar-refractivity contribution is 0.306. The number of ether oxygens (including phenoxy) is 1. The SMILES string of the molecule is O=c1c2ccccc2nc(C2CCCCC2)n1N=Cc1cc(Cl)c(OCc2ccc(Cl)cc2Cl)c(Cl)c1. The van der Waals surface area contributed by atoms with Crippen LogP contribution < -0.4 is 10.3 Å². The monoisotopic (exact) mass is 573 g/mol. The van der Waals surface area contributed by atoms with Gasteiger partial charge in [0.05, 0.1) is 27.2 Å². The molecule has 5 nitrogen and oxygen atoms in total. The molecule has 9 heteroatoms. The van der Waals surface area contributed by atoms with E-state index in [9.17, 15) is 4.79 Å². The maximum atomic E-state index is 13.4. The number of rotatable bonds is 6. The highest BCUT2D eigenvalue weighted by Gasteiger charge is 2.22. The Morgan fingerprint density at radius 1 is 0.946 bits per heavy atom. The van der Waals surface area contributed by atoms with Gasteiger partial charge in [-0.3, -0.25) is 4.79 Å². The molecule has 37 heavy (non-hydrogen) atoms. The molecular weight excluding hydrogens is 552 g/mol. The van der Waals surface area contributed by atoms with Crippen molar-refractivity contribution in [2.45, 2.75) is 44.6 Å². The topological polar surface area (TPSA) is 56.5 Å². The lowest BCUT2D eigenvalue weighted by Crippen LogP contribution is -2.25. The van der Waals surface area contributed by atoms with Crippen molar-refractivity contribution in [3.8, 4) is 5.75 Å². The third kappa shape index (κ3) is 5.80. The lowest BCUT2D eigenvalue weighted by Gasteiger charge is -2.22. The molecule has 0 atom stereocenters. The summed E-state index contributed by atoms with van der Waals surface area (Å²) in [5.41, 5.74) is 1.87. The van der Waals surface area contributed by atoms with Crippen LogP contribution in [-0.4, -0.2) is 15.9 Å². The van der Waals surface area contributed by atoms with Crippen LogP contribution in [0.2, 0.25) is 20.1 Å². The second-order valence-electron chi connectivity index (χ2n) is 9.02. The molecule has 0 radical (unpaired) electrons. The molecule has 1 saturated carbocycles. The second kappa shape index (κ2) is 11.4. The number of hydrogen-bond acceptors (Lipinski definition) is 4. The number of aromatic nitrogens is 2. The Kier molecular flexibility index (Phi) is 8.06. The molecule has 4 aromatic rings. The van der Waals surface area contributed by atoms with E-state index in [0.717, 1.165) is 31.2 Å². The normalized spacial score (nSPS) is 14.5. The van der Waals surface area contributed by atoms with Crippen molar-refractivity contribution in [2.75, 3.05) is 0 Å². The van der Waals surface area contributed by atoms with Crippen molar-refractivity contribution in [3.05, 3.63) is 102 Å². The number of para-hydroxylation sites is 1. The predicted octanol–water partition coefficient (Wildman–Crippen LogP) is 8.52. The van der Waals surface area contributed by atoms with Gasteiger partial charge in [-0.15, -0.1) is 0 Å². The van der Waals surface area contributed by atoms with Crippen molar-refractivity contribution in [1.82, 2.24) is 9.66 Å². The summed E-state index contributed by atoms with van der Waals surface area (Å²) in [5.74, 6) is 1.21. The van der Waals surface area contributed by atoms with Crippen LogP contribution in [0.25, 0.3) is 10.9 Å². The van der Waals surface area contributed by atoms with Gasteiger partial charge in [0.2, 0.25) is 0 Å². The van der Waals surface area contributed by atoms with E-state index in [-0.39, 0.29) is 18.1 Å². The summed E-state index contributed by atoms with van der Waals surface area (Å²) in [7, 11) is 0. The van der Waals surface area contributed by atoms with Crippen LogP contribution in [0.5, 0.6) is 5.75 Å². The van der Waals surface area contributed by atoms with Crippen molar-refractivity contribution in [1.29, 1.82) is 0 Å². The number of nitrogens with zero attached hydrogens (tertiary/aromatic N) is 3. The predicted molar refractivity (Wildman–Crippen MR) is 152 cm³/mol. The molecule has 0 saturated heterocycles. The van der Waals surface area contributed by atoms with E-state index in [0.29, 0.717) is 48.1 Å². The minimum absolute atomic E-state index is 0.172. The minimum Gasteiger partial charge on any atom is -0.486 e. The van der Waals surface area contributed by atoms with Crippen molar-refractivity contribution < 1.29 is 4.74 Å². The molecule has 0 bridgehead atoms. The van der Waals surface area contributed by atoms with Crippen molar-refractivity contribution in [2.24, 2.45) is 5.10 Å². The first-order valence-electron chi connectivity index (χ1n) is 12.0. The van der Waals surface area contributed by atoms with Gasteiger partial charge in [-0.1, -0.05) is 83.9 Å². The Balaban J connectivity index is 1.45. The molecule has 0 spiro atoms. The highest BCUT2D eigenvalue weighted by Crippen LogP contribution is 2.35. The molecular formula is C28H23Cl4N3O2. The molecule has 1 fully saturated rings. The van der Waals surface area contributed by atoms with Gasteiger partial charge < -0.3 is 4.74 Å². The fourth-order valence-electron chi connectivity index (χ4n) is 4.58. The van der Waals surface area contributed by atoms with Gasteiger partial charge in [0.1, 0.15) is 12.4 Å². The minimum atomic E-state index is -0.195. The van der Waals surface area contributed by atoms with Crippen LogP contribution in [-0.2, 0) is 6.61 Å². The Morgan fingerprint density at radius 2 is 1.68 bits per heavy atom. The lowest BCUT2D eigenvalue weighted by atomic mass is 9.88. The third-order valence-corrected chi connectivity index (χ3v) is 7.63. The average molecular weight is 575 g/mol. The van der Waals surface area contributed by atoms with Crippen molar-refractivity contribution in [3.63, 3.8) is 0 Å². The largest absolute Gasteiger partial charge is 0.486 e. The van der Waals surface area contributed by atoms with E-state index in [1.807, 2.05) is 18.2 Å². The number of hydrogen-bond donors (Lipinski definition) is 0. The van der Waals surface area contributed by atoms with E-state index in [1.165, 1.54) is 11.1 Å². The summed E-state index contributed by atoms with van der Waals surface area (Å²) in [6, 6.07) is 15.9. The maximum absolute atomic E-state index is 13.4. The molecule has 1 aromatic heterocycles. The smallest absolute Gasteiger partial charge is 0.282 e. The highest BCUT2D eigenvalue weighted by atomic mass is 35.5. The van der Waals surface area contributed by atoms with Crippen LogP contribution in [0.4, 0.5) is 0 Å². The van der Waals surface area contributed by atoms with Gasteiger partial charge in [0, 0.05) is 21.5 Å². The molecule has 0 aliphatic heterocycles. The first kappa shape index (κ1) is 26.1. The third-order valence-electron chi connectivity index (χ3n) is 6.48. The van der Waals surface area contributed by atoms with E-state index < -0.39 is 0 Å². The molecule has 1 aliphatic rings. The quantitative estimate of drug-likeness (QED) is 0.217. The van der Waals surface area contributed by atoms with E-state index in [2.05, 4.69) is 5.10 Å². The Bertz CT molecular complexity index is 1520. The van der Waals surface area contributed by atoms with Gasteiger partial charge in [0.25, 0.3) is 5.56 Å². The van der Waals surface area contributed by atoms with Gasteiger partial charge in [0.15, 0.2) is 5.75 Å². The summed E-state index contributed by atoms with van der Waals surface area (Å²) in [6.45, 7) is 0.172. The molecule has 1 heterocycles. The number of benzene rings is 3. The van der Waals surface area contributed by atoms with E-state index in [1.54, 1.807) is 42.6 Å². The van der Waals surface area contributed by atoms with E-state index in [4.69, 9.17) is 56.1 Å². The molecule has 0 N–H and O–H groups in total. The van der Waals surface area contributed by atoms with Gasteiger partial charge >= 0.3 is 0 Å². The van der Waals surface area contributed by atoms with Crippen LogP contribution in [0.1, 0.15) is 55.0 Å². The van der Waals surface area contributed by atoms with Gasteiger partial charge in [-0.25, -0.2) is 4.98 Å². The van der Waals surface area contributed by atoms with Crippen molar-refractivity contribution >= 4 is 63.5 Å². The Morgan fingerprint density at radius 3 is 2.41 bits per heavy atom. The first-order valence-corrected chi connectivity index (χ1v) is 13.5. The molecule has 190 valence electrons. The summed E-state index contributed by atoms with van der Waals surface area (Å²) in [4.78, 5) is 18.2. The molecule has 1 aliphatic carbocycles. The summed E-state index contributed by atoms with van der Waals surface area (Å²) >= 11 is 25.2. The van der Waals surface area contributed by atoms with Crippen LogP contribution >= 0.6 is 46.4 Å². The van der Waals surface area contributed by atoms with E-state index >= 15 is 0 Å². The van der Waals surface area contributed by atoms with Crippen LogP contribution in [0, 0.1) is 0 Å². The fraction of sp³-hybridized carbons (Fsp3) is 0.250. The highest BCUT2D eigenvalue weighted by molar-refractivity contribution is 6.37. The molecule has 0 unspecified atom stereocenters. The van der Waals surface area contributed by atoms with Crippen LogP contribution in [0.3, 0.4) is 0 Å².